The summed E-state index contributed by atoms with van der Waals surface area (Å²) in [4.78, 5) is 0. The molecule has 1 rings (SSSR count). The molecular weight excluding hydrogens is 238 g/mol. The second-order valence-corrected chi connectivity index (χ2v) is 6.24. The highest BCUT2D eigenvalue weighted by molar-refractivity contribution is 5.31. The number of aliphatic hydroxyl groups is 1. The second kappa shape index (κ2) is 6.51. The maximum atomic E-state index is 9.66. The molecule has 0 heterocycles. The molecule has 3 heteroatoms. The zero-order chi connectivity index (χ0) is 14.5. The lowest BCUT2D eigenvalue weighted by atomic mass is 9.84. The predicted molar refractivity (Wildman–Crippen MR) is 79.5 cm³/mol. The second-order valence-electron chi connectivity index (χ2n) is 6.24. The van der Waals surface area contributed by atoms with E-state index in [4.69, 9.17) is 4.74 Å². The molecule has 2 N–H and O–H groups in total. The molecule has 0 amide bonds. The van der Waals surface area contributed by atoms with Crippen molar-refractivity contribution in [1.29, 1.82) is 0 Å². The van der Waals surface area contributed by atoms with Gasteiger partial charge in [-0.25, -0.2) is 0 Å². The molecule has 0 saturated heterocycles. The van der Waals surface area contributed by atoms with Gasteiger partial charge in [0.2, 0.25) is 0 Å². The van der Waals surface area contributed by atoms with Crippen molar-refractivity contribution in [1.82, 2.24) is 5.32 Å². The molecule has 0 aliphatic heterocycles. The van der Waals surface area contributed by atoms with Gasteiger partial charge in [-0.15, -0.1) is 0 Å². The fourth-order valence-corrected chi connectivity index (χ4v) is 2.02. The molecule has 1 aromatic carbocycles. The fourth-order valence-electron chi connectivity index (χ4n) is 2.02. The van der Waals surface area contributed by atoms with Crippen LogP contribution in [0.15, 0.2) is 24.3 Å². The van der Waals surface area contributed by atoms with Crippen LogP contribution in [0.4, 0.5) is 0 Å². The van der Waals surface area contributed by atoms with E-state index in [0.29, 0.717) is 13.2 Å². The van der Waals surface area contributed by atoms with Crippen LogP contribution in [-0.4, -0.2) is 32.0 Å². The van der Waals surface area contributed by atoms with Crippen LogP contribution >= 0.6 is 0 Å². The van der Waals surface area contributed by atoms with Gasteiger partial charge in [-0.3, -0.25) is 0 Å². The number of methoxy groups -OCH3 is 1. The highest BCUT2D eigenvalue weighted by Gasteiger charge is 2.25. The van der Waals surface area contributed by atoms with E-state index in [1.807, 2.05) is 6.92 Å². The predicted octanol–water partition coefficient (Wildman–Crippen LogP) is 2.43. The Morgan fingerprint density at radius 3 is 2.00 bits per heavy atom. The number of aliphatic hydroxyl groups excluding tert-OH is 1. The topological polar surface area (TPSA) is 41.5 Å². The summed E-state index contributed by atoms with van der Waals surface area (Å²) in [7, 11) is 1.68. The Balaban J connectivity index is 2.87. The molecule has 0 spiro atoms. The van der Waals surface area contributed by atoms with Gasteiger partial charge < -0.3 is 15.2 Å². The maximum Gasteiger partial charge on any atom is 0.0652 e. The van der Waals surface area contributed by atoms with Crippen LogP contribution in [0, 0.1) is 0 Å². The third-order valence-electron chi connectivity index (χ3n) is 3.53. The average Bonchev–Trinajstić information content (AvgIpc) is 2.38. The minimum Gasteiger partial charge on any atom is -0.394 e. The standard InChI is InChI=1S/C16H27NO2/c1-15(2,3)13-6-8-14(9-7-13)16(4,12-18)17-10-11-19-5/h6-9,17-18H,10-12H2,1-5H3. The number of hydrogen-bond donors (Lipinski definition) is 2. The van der Waals surface area contributed by atoms with Gasteiger partial charge in [0.25, 0.3) is 0 Å². The Morgan fingerprint density at radius 2 is 1.58 bits per heavy atom. The summed E-state index contributed by atoms with van der Waals surface area (Å²) in [6.45, 7) is 10.0. The third kappa shape index (κ3) is 4.30. The van der Waals surface area contributed by atoms with E-state index >= 15 is 0 Å². The Morgan fingerprint density at radius 1 is 1.05 bits per heavy atom. The van der Waals surface area contributed by atoms with Gasteiger partial charge in [-0.05, 0) is 23.5 Å². The van der Waals surface area contributed by atoms with Crippen molar-refractivity contribution in [2.75, 3.05) is 26.9 Å². The molecule has 0 saturated carbocycles. The molecule has 19 heavy (non-hydrogen) atoms. The quantitative estimate of drug-likeness (QED) is 0.776. The molecular formula is C16H27NO2. The minimum absolute atomic E-state index is 0.0611. The number of benzene rings is 1. The summed E-state index contributed by atoms with van der Waals surface area (Å²) in [5, 5.41) is 13.0. The number of nitrogens with one attached hydrogen (secondary N) is 1. The van der Waals surface area contributed by atoms with Gasteiger partial charge in [0.1, 0.15) is 0 Å². The minimum atomic E-state index is -0.422. The van der Waals surface area contributed by atoms with Crippen LogP contribution in [0.2, 0.25) is 0 Å². The number of ether oxygens (including phenoxy) is 1. The van der Waals surface area contributed by atoms with E-state index in [2.05, 4.69) is 50.4 Å². The lowest BCUT2D eigenvalue weighted by Gasteiger charge is -2.30. The molecule has 0 fully saturated rings. The van der Waals surface area contributed by atoms with Crippen molar-refractivity contribution in [3.63, 3.8) is 0 Å². The summed E-state index contributed by atoms with van der Waals surface area (Å²) >= 11 is 0. The zero-order valence-electron chi connectivity index (χ0n) is 12.8. The molecule has 3 nitrogen and oxygen atoms in total. The number of hydrogen-bond acceptors (Lipinski definition) is 3. The van der Waals surface area contributed by atoms with E-state index in [-0.39, 0.29) is 12.0 Å². The lowest BCUT2D eigenvalue weighted by molar-refractivity contribution is 0.148. The zero-order valence-corrected chi connectivity index (χ0v) is 12.8. The summed E-state index contributed by atoms with van der Waals surface area (Å²) in [6.07, 6.45) is 0. The van der Waals surface area contributed by atoms with Crippen LogP contribution in [0.25, 0.3) is 0 Å². The summed E-state index contributed by atoms with van der Waals surface area (Å²) in [5.41, 5.74) is 2.12. The molecule has 0 aliphatic rings. The molecule has 108 valence electrons. The van der Waals surface area contributed by atoms with Crippen molar-refractivity contribution in [2.24, 2.45) is 0 Å². The Labute approximate surface area is 117 Å². The van der Waals surface area contributed by atoms with Crippen LogP contribution in [0.5, 0.6) is 0 Å². The Hall–Kier alpha value is -0.900. The normalized spacial score (nSPS) is 15.3. The van der Waals surface area contributed by atoms with Crippen LogP contribution in [0.3, 0.4) is 0 Å². The van der Waals surface area contributed by atoms with E-state index < -0.39 is 5.54 Å². The molecule has 0 bridgehead atoms. The summed E-state index contributed by atoms with van der Waals surface area (Å²) in [6, 6.07) is 8.47. The highest BCUT2D eigenvalue weighted by Crippen LogP contribution is 2.26. The first-order valence-corrected chi connectivity index (χ1v) is 6.79. The molecule has 0 aliphatic carbocycles. The van der Waals surface area contributed by atoms with Crippen LogP contribution in [-0.2, 0) is 15.7 Å². The van der Waals surface area contributed by atoms with Crippen molar-refractivity contribution < 1.29 is 9.84 Å². The van der Waals surface area contributed by atoms with Gasteiger partial charge >= 0.3 is 0 Å². The van der Waals surface area contributed by atoms with E-state index in [9.17, 15) is 5.11 Å². The molecule has 0 aromatic heterocycles. The first-order chi connectivity index (χ1) is 8.83. The molecule has 0 radical (unpaired) electrons. The third-order valence-corrected chi connectivity index (χ3v) is 3.53. The summed E-state index contributed by atoms with van der Waals surface area (Å²) in [5.74, 6) is 0. The smallest absolute Gasteiger partial charge is 0.0652 e. The van der Waals surface area contributed by atoms with Crippen LogP contribution in [0.1, 0.15) is 38.8 Å². The first-order valence-electron chi connectivity index (χ1n) is 6.79. The van der Waals surface area contributed by atoms with E-state index in [0.717, 1.165) is 5.56 Å². The summed E-state index contributed by atoms with van der Waals surface area (Å²) < 4.78 is 5.04. The van der Waals surface area contributed by atoms with Gasteiger partial charge in [-0.2, -0.15) is 0 Å². The van der Waals surface area contributed by atoms with E-state index in [1.165, 1.54) is 5.56 Å². The highest BCUT2D eigenvalue weighted by atomic mass is 16.5. The van der Waals surface area contributed by atoms with Crippen molar-refractivity contribution in [3.05, 3.63) is 35.4 Å². The van der Waals surface area contributed by atoms with Crippen molar-refractivity contribution >= 4 is 0 Å². The largest absolute Gasteiger partial charge is 0.394 e. The SMILES string of the molecule is COCCNC(C)(CO)c1ccc(C(C)(C)C)cc1. The first kappa shape index (κ1) is 16.2. The molecule has 1 unspecified atom stereocenters. The van der Waals surface area contributed by atoms with Gasteiger partial charge in [0.05, 0.1) is 18.8 Å². The average molecular weight is 265 g/mol. The molecule has 1 atom stereocenters. The van der Waals surface area contributed by atoms with Gasteiger partial charge in [0, 0.05) is 13.7 Å². The van der Waals surface area contributed by atoms with Crippen molar-refractivity contribution in [3.8, 4) is 0 Å². The van der Waals surface area contributed by atoms with Gasteiger partial charge in [0.15, 0.2) is 0 Å². The Kier molecular flexibility index (Phi) is 5.53. The van der Waals surface area contributed by atoms with Crippen LogP contribution < -0.4 is 5.32 Å². The monoisotopic (exact) mass is 265 g/mol. The lowest BCUT2D eigenvalue weighted by Crippen LogP contribution is -2.44. The van der Waals surface area contributed by atoms with Gasteiger partial charge in [-0.1, -0.05) is 45.0 Å². The van der Waals surface area contributed by atoms with E-state index in [1.54, 1.807) is 7.11 Å². The van der Waals surface area contributed by atoms with Crippen molar-refractivity contribution in [2.45, 2.75) is 38.6 Å². The number of rotatable bonds is 6. The molecule has 1 aromatic rings. The fraction of sp³-hybridized carbons (Fsp3) is 0.625. The Bertz CT molecular complexity index is 381. The maximum absolute atomic E-state index is 9.66.